The highest BCUT2D eigenvalue weighted by molar-refractivity contribution is 5.96. The number of carbonyl (C=O) groups excluding carboxylic acids is 2. The minimum atomic E-state index is -0.816. The molecule has 21 heavy (non-hydrogen) atoms. The number of hydrogen-bond donors (Lipinski definition) is 3. The van der Waals surface area contributed by atoms with Gasteiger partial charge in [-0.15, -0.1) is 0 Å². The third-order valence-corrected chi connectivity index (χ3v) is 3.59. The van der Waals surface area contributed by atoms with Crippen molar-refractivity contribution in [1.82, 2.24) is 10.6 Å². The molecule has 1 aromatic carbocycles. The van der Waals surface area contributed by atoms with Gasteiger partial charge in [-0.2, -0.15) is 0 Å². The SMILES string of the molecule is O=C(CNC(=O)c1ccccc1)N[C@@H]1CC[C@H](C(=O)O)C1. The molecule has 6 heteroatoms. The fourth-order valence-electron chi connectivity index (χ4n) is 2.47. The summed E-state index contributed by atoms with van der Waals surface area (Å²) in [5.41, 5.74) is 0.497. The minimum Gasteiger partial charge on any atom is -0.481 e. The van der Waals surface area contributed by atoms with Crippen molar-refractivity contribution in [2.75, 3.05) is 6.54 Å². The maximum absolute atomic E-state index is 11.8. The van der Waals surface area contributed by atoms with E-state index in [0.717, 1.165) is 0 Å². The molecule has 0 saturated heterocycles. The Hall–Kier alpha value is -2.37. The lowest BCUT2D eigenvalue weighted by molar-refractivity contribution is -0.141. The van der Waals surface area contributed by atoms with Gasteiger partial charge in [0.15, 0.2) is 0 Å². The molecule has 1 aromatic rings. The van der Waals surface area contributed by atoms with E-state index in [1.807, 2.05) is 6.07 Å². The van der Waals surface area contributed by atoms with Crippen LogP contribution >= 0.6 is 0 Å². The van der Waals surface area contributed by atoms with Crippen molar-refractivity contribution in [3.8, 4) is 0 Å². The van der Waals surface area contributed by atoms with Gasteiger partial charge in [-0.1, -0.05) is 18.2 Å². The molecule has 1 aliphatic carbocycles. The number of benzene rings is 1. The fraction of sp³-hybridized carbons (Fsp3) is 0.400. The van der Waals surface area contributed by atoms with Crippen LogP contribution < -0.4 is 10.6 Å². The van der Waals surface area contributed by atoms with Crippen LogP contribution in [-0.2, 0) is 9.59 Å². The second kappa shape index (κ2) is 6.88. The highest BCUT2D eigenvalue weighted by Crippen LogP contribution is 2.25. The number of nitrogens with one attached hydrogen (secondary N) is 2. The molecule has 0 spiro atoms. The molecule has 2 rings (SSSR count). The second-order valence-electron chi connectivity index (χ2n) is 5.16. The predicted octanol–water partition coefficient (Wildman–Crippen LogP) is 0.786. The fourth-order valence-corrected chi connectivity index (χ4v) is 2.47. The van der Waals surface area contributed by atoms with Crippen LogP contribution in [0.2, 0.25) is 0 Å². The summed E-state index contributed by atoms with van der Waals surface area (Å²) in [6.07, 6.45) is 1.69. The van der Waals surface area contributed by atoms with E-state index in [-0.39, 0.29) is 30.3 Å². The number of aliphatic carboxylic acids is 1. The molecule has 2 amide bonds. The summed E-state index contributed by atoms with van der Waals surface area (Å²) in [6, 6.07) is 8.53. The molecule has 1 fully saturated rings. The van der Waals surface area contributed by atoms with Gasteiger partial charge in [-0.3, -0.25) is 14.4 Å². The van der Waals surface area contributed by atoms with Crippen molar-refractivity contribution < 1.29 is 19.5 Å². The van der Waals surface area contributed by atoms with Crippen LogP contribution in [0, 0.1) is 5.92 Å². The highest BCUT2D eigenvalue weighted by atomic mass is 16.4. The zero-order chi connectivity index (χ0) is 15.2. The molecule has 2 atom stereocenters. The number of hydrogen-bond acceptors (Lipinski definition) is 3. The Labute approximate surface area is 122 Å². The molecule has 0 aliphatic heterocycles. The van der Waals surface area contributed by atoms with Gasteiger partial charge in [0.1, 0.15) is 0 Å². The van der Waals surface area contributed by atoms with E-state index in [1.54, 1.807) is 24.3 Å². The summed E-state index contributed by atoms with van der Waals surface area (Å²) < 4.78 is 0. The first kappa shape index (κ1) is 15.0. The topological polar surface area (TPSA) is 95.5 Å². The number of amides is 2. The van der Waals surface area contributed by atoms with Gasteiger partial charge < -0.3 is 15.7 Å². The standard InChI is InChI=1S/C15H18N2O4/c18-13(17-12-7-6-11(8-12)15(20)21)9-16-14(19)10-4-2-1-3-5-10/h1-5,11-12H,6-9H2,(H,16,19)(H,17,18)(H,20,21)/t11-,12+/m0/s1. The maximum Gasteiger partial charge on any atom is 0.306 e. The van der Waals surface area contributed by atoms with Crippen LogP contribution in [0.5, 0.6) is 0 Å². The van der Waals surface area contributed by atoms with Crippen molar-refractivity contribution in [2.45, 2.75) is 25.3 Å². The Morgan fingerprint density at radius 1 is 1.14 bits per heavy atom. The number of carbonyl (C=O) groups is 3. The normalized spacial score (nSPS) is 20.8. The van der Waals surface area contributed by atoms with E-state index in [2.05, 4.69) is 10.6 Å². The highest BCUT2D eigenvalue weighted by Gasteiger charge is 2.30. The maximum atomic E-state index is 11.8. The third-order valence-electron chi connectivity index (χ3n) is 3.59. The molecule has 0 aromatic heterocycles. The van der Waals surface area contributed by atoms with E-state index in [4.69, 9.17) is 5.11 Å². The first-order chi connectivity index (χ1) is 10.1. The first-order valence-electron chi connectivity index (χ1n) is 6.91. The van der Waals surface area contributed by atoms with Crippen molar-refractivity contribution in [3.05, 3.63) is 35.9 Å². The van der Waals surface area contributed by atoms with Crippen LogP contribution in [0.1, 0.15) is 29.6 Å². The zero-order valence-electron chi connectivity index (χ0n) is 11.5. The lowest BCUT2D eigenvalue weighted by atomic mass is 10.1. The van der Waals surface area contributed by atoms with Crippen LogP contribution in [0.15, 0.2) is 30.3 Å². The van der Waals surface area contributed by atoms with Crippen LogP contribution in [-0.4, -0.2) is 35.5 Å². The summed E-state index contributed by atoms with van der Waals surface area (Å²) in [6.45, 7) is -0.109. The molecule has 112 valence electrons. The molecule has 0 radical (unpaired) electrons. The summed E-state index contributed by atoms with van der Waals surface area (Å²) in [7, 11) is 0. The van der Waals surface area contributed by atoms with Crippen LogP contribution in [0.4, 0.5) is 0 Å². The van der Waals surface area contributed by atoms with E-state index >= 15 is 0 Å². The molecule has 3 N–H and O–H groups in total. The molecular weight excluding hydrogens is 272 g/mol. The molecular formula is C15H18N2O4. The Morgan fingerprint density at radius 3 is 2.48 bits per heavy atom. The van der Waals surface area contributed by atoms with Crippen molar-refractivity contribution >= 4 is 17.8 Å². The van der Waals surface area contributed by atoms with E-state index in [1.165, 1.54) is 0 Å². The molecule has 0 heterocycles. The number of rotatable bonds is 5. The lowest BCUT2D eigenvalue weighted by Gasteiger charge is -2.12. The average Bonchev–Trinajstić information content (AvgIpc) is 2.94. The molecule has 6 nitrogen and oxygen atoms in total. The largest absolute Gasteiger partial charge is 0.481 e. The van der Waals surface area contributed by atoms with Gasteiger partial charge in [-0.05, 0) is 31.4 Å². The van der Waals surface area contributed by atoms with Crippen molar-refractivity contribution in [1.29, 1.82) is 0 Å². The summed E-state index contributed by atoms with van der Waals surface area (Å²) in [5.74, 6) is -1.80. The quantitative estimate of drug-likeness (QED) is 0.747. The molecule has 1 saturated carbocycles. The summed E-state index contributed by atoms with van der Waals surface area (Å²) in [5, 5.41) is 14.2. The van der Waals surface area contributed by atoms with Crippen LogP contribution in [0.3, 0.4) is 0 Å². The Morgan fingerprint density at radius 2 is 1.86 bits per heavy atom. The third kappa shape index (κ3) is 4.30. The number of carboxylic acid groups (broad SMARTS) is 1. The second-order valence-corrected chi connectivity index (χ2v) is 5.16. The molecule has 1 aliphatic rings. The van der Waals surface area contributed by atoms with E-state index in [9.17, 15) is 14.4 Å². The molecule has 0 bridgehead atoms. The smallest absolute Gasteiger partial charge is 0.306 e. The zero-order valence-corrected chi connectivity index (χ0v) is 11.5. The summed E-state index contributed by atoms with van der Waals surface area (Å²) >= 11 is 0. The van der Waals surface area contributed by atoms with E-state index in [0.29, 0.717) is 24.8 Å². The van der Waals surface area contributed by atoms with Crippen molar-refractivity contribution in [2.24, 2.45) is 5.92 Å². The molecule has 0 unspecified atom stereocenters. The number of carboxylic acids is 1. The predicted molar refractivity (Wildman–Crippen MR) is 75.7 cm³/mol. The minimum absolute atomic E-state index is 0.109. The van der Waals surface area contributed by atoms with Gasteiger partial charge in [0, 0.05) is 11.6 Å². The van der Waals surface area contributed by atoms with Crippen LogP contribution in [0.25, 0.3) is 0 Å². The Kier molecular flexibility index (Phi) is 4.92. The van der Waals surface area contributed by atoms with Gasteiger partial charge in [0.05, 0.1) is 12.5 Å². The van der Waals surface area contributed by atoms with Gasteiger partial charge in [0.2, 0.25) is 5.91 Å². The van der Waals surface area contributed by atoms with E-state index < -0.39 is 5.97 Å². The monoisotopic (exact) mass is 290 g/mol. The Bertz CT molecular complexity index is 530. The van der Waals surface area contributed by atoms with Gasteiger partial charge in [0.25, 0.3) is 5.91 Å². The van der Waals surface area contributed by atoms with Crippen molar-refractivity contribution in [3.63, 3.8) is 0 Å². The average molecular weight is 290 g/mol. The first-order valence-corrected chi connectivity index (χ1v) is 6.91. The Balaban J connectivity index is 1.73. The van der Waals surface area contributed by atoms with Gasteiger partial charge >= 0.3 is 5.97 Å². The lowest BCUT2D eigenvalue weighted by Crippen LogP contribution is -2.41. The summed E-state index contributed by atoms with van der Waals surface area (Å²) in [4.78, 5) is 34.3. The van der Waals surface area contributed by atoms with Gasteiger partial charge in [-0.25, -0.2) is 0 Å².